The van der Waals surface area contributed by atoms with E-state index in [0.717, 1.165) is 0 Å². The lowest BCUT2D eigenvalue weighted by molar-refractivity contribution is 0.135. The molecule has 110 valence electrons. The standard InChI is InChI=1S/C11H22N4O3S/c1-5-15(7-8-18-6-2)19(16,17)10-9(3)14(4)13-11(10)12/h5-8H2,1-4H3,(H2,12,13). The highest BCUT2D eigenvalue weighted by Gasteiger charge is 2.29. The summed E-state index contributed by atoms with van der Waals surface area (Å²) in [7, 11) is -1.96. The molecule has 0 atom stereocenters. The van der Waals surface area contributed by atoms with Gasteiger partial charge in [0.1, 0.15) is 4.90 Å². The number of ether oxygens (including phenoxy) is 1. The van der Waals surface area contributed by atoms with Gasteiger partial charge < -0.3 is 10.5 Å². The Labute approximate surface area is 114 Å². The van der Waals surface area contributed by atoms with Crippen molar-refractivity contribution in [3.63, 3.8) is 0 Å². The Bertz CT molecular complexity index is 524. The minimum atomic E-state index is -3.63. The lowest BCUT2D eigenvalue weighted by atomic mass is 10.5. The molecule has 0 aliphatic rings. The number of likely N-dealkylation sites (N-methyl/N-ethyl adjacent to an activating group) is 1. The maximum absolute atomic E-state index is 12.5. The molecule has 1 aromatic rings. The molecule has 2 N–H and O–H groups in total. The van der Waals surface area contributed by atoms with Crippen LogP contribution >= 0.6 is 0 Å². The van der Waals surface area contributed by atoms with Crippen molar-refractivity contribution in [3.05, 3.63) is 5.69 Å². The molecular formula is C11H22N4O3S. The van der Waals surface area contributed by atoms with Gasteiger partial charge in [-0.1, -0.05) is 6.92 Å². The molecular weight excluding hydrogens is 268 g/mol. The summed E-state index contributed by atoms with van der Waals surface area (Å²) in [6, 6.07) is 0. The van der Waals surface area contributed by atoms with Crippen LogP contribution in [0.4, 0.5) is 5.82 Å². The molecule has 0 aromatic carbocycles. The Morgan fingerprint density at radius 3 is 2.47 bits per heavy atom. The zero-order valence-electron chi connectivity index (χ0n) is 11.9. The summed E-state index contributed by atoms with van der Waals surface area (Å²) in [6.45, 7) is 6.93. The van der Waals surface area contributed by atoms with Crippen molar-refractivity contribution in [2.45, 2.75) is 25.7 Å². The molecule has 0 unspecified atom stereocenters. The van der Waals surface area contributed by atoms with Crippen LogP contribution < -0.4 is 5.73 Å². The topological polar surface area (TPSA) is 90.4 Å². The molecule has 0 fully saturated rings. The molecule has 1 rings (SSSR count). The molecule has 1 heterocycles. The lowest BCUT2D eigenvalue weighted by Gasteiger charge is -2.20. The minimum absolute atomic E-state index is 0.0369. The van der Waals surface area contributed by atoms with Gasteiger partial charge >= 0.3 is 0 Å². The van der Waals surface area contributed by atoms with E-state index in [9.17, 15) is 8.42 Å². The normalized spacial score (nSPS) is 12.3. The zero-order chi connectivity index (χ0) is 14.6. The van der Waals surface area contributed by atoms with Crippen molar-refractivity contribution in [2.24, 2.45) is 7.05 Å². The van der Waals surface area contributed by atoms with E-state index >= 15 is 0 Å². The summed E-state index contributed by atoms with van der Waals surface area (Å²) < 4.78 is 33.1. The fourth-order valence-corrected chi connectivity index (χ4v) is 3.54. The Balaban J connectivity index is 3.07. The van der Waals surface area contributed by atoms with Crippen LogP contribution in [0, 0.1) is 6.92 Å². The van der Waals surface area contributed by atoms with Crippen LogP contribution in [0.25, 0.3) is 0 Å². The van der Waals surface area contributed by atoms with E-state index in [2.05, 4.69) is 5.10 Å². The zero-order valence-corrected chi connectivity index (χ0v) is 12.7. The van der Waals surface area contributed by atoms with Crippen molar-refractivity contribution in [3.8, 4) is 0 Å². The molecule has 7 nitrogen and oxygen atoms in total. The van der Waals surface area contributed by atoms with Gasteiger partial charge in [-0.25, -0.2) is 8.42 Å². The van der Waals surface area contributed by atoms with Crippen LogP contribution in [0.2, 0.25) is 0 Å². The molecule has 0 aliphatic carbocycles. The van der Waals surface area contributed by atoms with E-state index in [1.54, 1.807) is 20.9 Å². The van der Waals surface area contributed by atoms with Gasteiger partial charge in [0.25, 0.3) is 0 Å². The lowest BCUT2D eigenvalue weighted by Crippen LogP contribution is -2.34. The van der Waals surface area contributed by atoms with E-state index in [1.165, 1.54) is 8.99 Å². The number of aryl methyl sites for hydroxylation is 1. The molecule has 0 aliphatic heterocycles. The third kappa shape index (κ3) is 3.26. The van der Waals surface area contributed by atoms with Crippen molar-refractivity contribution in [1.82, 2.24) is 14.1 Å². The summed E-state index contributed by atoms with van der Waals surface area (Å²) in [5.41, 5.74) is 6.24. The van der Waals surface area contributed by atoms with Crippen LogP contribution in [0.5, 0.6) is 0 Å². The van der Waals surface area contributed by atoms with Crippen LogP contribution in [0.3, 0.4) is 0 Å². The average Bonchev–Trinajstić information content (AvgIpc) is 2.59. The monoisotopic (exact) mass is 290 g/mol. The second-order valence-electron chi connectivity index (χ2n) is 4.12. The highest BCUT2D eigenvalue weighted by Crippen LogP contribution is 2.24. The van der Waals surface area contributed by atoms with Gasteiger partial charge in [-0.05, 0) is 13.8 Å². The molecule has 0 radical (unpaired) electrons. The number of hydrogen-bond donors (Lipinski definition) is 1. The van der Waals surface area contributed by atoms with Crippen molar-refractivity contribution in [1.29, 1.82) is 0 Å². The van der Waals surface area contributed by atoms with Crippen molar-refractivity contribution in [2.75, 3.05) is 32.0 Å². The first kappa shape index (κ1) is 15.9. The summed E-state index contributed by atoms with van der Waals surface area (Å²) in [4.78, 5) is 0.0911. The van der Waals surface area contributed by atoms with E-state index in [1.807, 2.05) is 6.92 Å². The number of hydrogen-bond acceptors (Lipinski definition) is 5. The first-order chi connectivity index (χ1) is 8.86. The highest BCUT2D eigenvalue weighted by molar-refractivity contribution is 7.89. The number of sulfonamides is 1. The smallest absolute Gasteiger partial charge is 0.248 e. The molecule has 0 spiro atoms. The number of anilines is 1. The van der Waals surface area contributed by atoms with Gasteiger partial charge in [-0.3, -0.25) is 4.68 Å². The first-order valence-electron chi connectivity index (χ1n) is 6.23. The maximum atomic E-state index is 12.5. The fourth-order valence-electron chi connectivity index (χ4n) is 1.82. The predicted octanol–water partition coefficient (Wildman–Crippen LogP) is 0.358. The molecule has 19 heavy (non-hydrogen) atoms. The Hall–Kier alpha value is -1.12. The Kier molecular flexibility index (Phi) is 5.33. The fraction of sp³-hybridized carbons (Fsp3) is 0.727. The van der Waals surface area contributed by atoms with Gasteiger partial charge in [-0.15, -0.1) is 0 Å². The highest BCUT2D eigenvalue weighted by atomic mass is 32.2. The van der Waals surface area contributed by atoms with Crippen LogP contribution in [0.1, 0.15) is 19.5 Å². The first-order valence-corrected chi connectivity index (χ1v) is 7.67. The average molecular weight is 290 g/mol. The van der Waals surface area contributed by atoms with E-state index in [0.29, 0.717) is 32.0 Å². The second-order valence-corrected chi connectivity index (χ2v) is 5.99. The van der Waals surface area contributed by atoms with Crippen LogP contribution in [-0.2, 0) is 21.8 Å². The van der Waals surface area contributed by atoms with E-state index < -0.39 is 10.0 Å². The van der Waals surface area contributed by atoms with Gasteiger partial charge in [0, 0.05) is 26.7 Å². The Morgan fingerprint density at radius 1 is 1.42 bits per heavy atom. The number of nitrogen functional groups attached to an aromatic ring is 1. The number of nitrogens with two attached hydrogens (primary N) is 1. The van der Waals surface area contributed by atoms with Gasteiger partial charge in [0.2, 0.25) is 10.0 Å². The molecule has 8 heteroatoms. The SMILES string of the molecule is CCOCCN(CC)S(=O)(=O)c1c(N)nn(C)c1C. The van der Waals surface area contributed by atoms with Crippen LogP contribution in [0.15, 0.2) is 4.90 Å². The number of nitrogens with zero attached hydrogens (tertiary/aromatic N) is 3. The van der Waals surface area contributed by atoms with E-state index in [-0.39, 0.29) is 10.7 Å². The minimum Gasteiger partial charge on any atom is -0.381 e. The third-order valence-corrected chi connectivity index (χ3v) is 5.09. The second kappa shape index (κ2) is 6.36. The maximum Gasteiger partial charge on any atom is 0.248 e. The molecule has 0 saturated carbocycles. The van der Waals surface area contributed by atoms with Gasteiger partial charge in [0.15, 0.2) is 5.82 Å². The summed E-state index contributed by atoms with van der Waals surface area (Å²) in [6.07, 6.45) is 0. The predicted molar refractivity (Wildman–Crippen MR) is 73.3 cm³/mol. The quantitative estimate of drug-likeness (QED) is 0.732. The molecule has 1 aromatic heterocycles. The van der Waals surface area contributed by atoms with Crippen molar-refractivity contribution < 1.29 is 13.2 Å². The molecule has 0 saturated heterocycles. The van der Waals surface area contributed by atoms with Gasteiger partial charge in [-0.2, -0.15) is 9.40 Å². The van der Waals surface area contributed by atoms with Crippen LogP contribution in [-0.4, -0.2) is 48.8 Å². The third-order valence-electron chi connectivity index (χ3n) is 2.94. The summed E-state index contributed by atoms with van der Waals surface area (Å²) >= 11 is 0. The molecule has 0 amide bonds. The number of rotatable bonds is 7. The molecule has 0 bridgehead atoms. The van der Waals surface area contributed by atoms with E-state index in [4.69, 9.17) is 10.5 Å². The van der Waals surface area contributed by atoms with Crippen molar-refractivity contribution >= 4 is 15.8 Å². The summed E-state index contributed by atoms with van der Waals surface area (Å²) in [5, 5.41) is 3.95. The summed E-state index contributed by atoms with van der Waals surface area (Å²) in [5.74, 6) is 0.0369. The van der Waals surface area contributed by atoms with Gasteiger partial charge in [0.05, 0.1) is 12.3 Å². The Morgan fingerprint density at radius 2 is 2.05 bits per heavy atom. The largest absolute Gasteiger partial charge is 0.381 e. The number of aromatic nitrogens is 2.